The van der Waals surface area contributed by atoms with Crippen molar-refractivity contribution in [3.63, 3.8) is 0 Å². The second-order valence-corrected chi connectivity index (χ2v) is 6.53. The first-order valence-corrected chi connectivity index (χ1v) is 8.21. The summed E-state index contributed by atoms with van der Waals surface area (Å²) >= 11 is 0. The highest BCUT2D eigenvalue weighted by molar-refractivity contribution is 5.25. The lowest BCUT2D eigenvalue weighted by atomic mass is 9.88. The third kappa shape index (κ3) is 4.29. The van der Waals surface area contributed by atoms with Gasteiger partial charge < -0.3 is 10.1 Å². The van der Waals surface area contributed by atoms with Crippen LogP contribution in [0.4, 0.5) is 0 Å². The summed E-state index contributed by atoms with van der Waals surface area (Å²) in [5.74, 6) is 0. The molecule has 1 fully saturated rings. The van der Waals surface area contributed by atoms with Crippen LogP contribution in [0.2, 0.25) is 0 Å². The molecular weight excluding hydrogens is 260 g/mol. The molecule has 1 N–H and O–H groups in total. The number of hydrogen-bond acceptors (Lipinski definition) is 3. The maximum Gasteiger partial charge on any atom is 0.0597 e. The van der Waals surface area contributed by atoms with E-state index in [1.54, 1.807) is 0 Å². The molecule has 1 aliphatic rings. The fourth-order valence-corrected chi connectivity index (χ4v) is 3.13. The zero-order chi connectivity index (χ0) is 15.3. The highest BCUT2D eigenvalue weighted by atomic mass is 16.5. The Morgan fingerprint density at radius 1 is 1.33 bits per heavy atom. The van der Waals surface area contributed by atoms with Crippen LogP contribution in [0.15, 0.2) is 30.3 Å². The molecule has 1 aromatic rings. The lowest BCUT2D eigenvalue weighted by Gasteiger charge is -2.46. The smallest absolute Gasteiger partial charge is 0.0597 e. The van der Waals surface area contributed by atoms with Crippen LogP contribution < -0.4 is 5.32 Å². The summed E-state index contributed by atoms with van der Waals surface area (Å²) in [4.78, 5) is 2.59. The van der Waals surface area contributed by atoms with Crippen LogP contribution in [0.3, 0.4) is 0 Å². The first-order chi connectivity index (χ1) is 10.0. The fourth-order valence-electron chi connectivity index (χ4n) is 3.13. The summed E-state index contributed by atoms with van der Waals surface area (Å²) < 4.78 is 5.75. The first kappa shape index (κ1) is 16.5. The van der Waals surface area contributed by atoms with Crippen LogP contribution in [0.5, 0.6) is 0 Å². The predicted molar refractivity (Wildman–Crippen MR) is 88.5 cm³/mol. The first-order valence-electron chi connectivity index (χ1n) is 8.21. The Kier molecular flexibility index (Phi) is 5.80. The molecule has 1 aliphatic heterocycles. The predicted octanol–water partition coefficient (Wildman–Crippen LogP) is 3.01. The summed E-state index contributed by atoms with van der Waals surface area (Å²) in [5, 5.41) is 3.76. The summed E-state index contributed by atoms with van der Waals surface area (Å²) in [7, 11) is 0. The van der Waals surface area contributed by atoms with Crippen LogP contribution in [-0.2, 0) is 10.3 Å². The minimum atomic E-state index is 0.0325. The van der Waals surface area contributed by atoms with E-state index in [-0.39, 0.29) is 5.54 Å². The zero-order valence-corrected chi connectivity index (χ0v) is 13.9. The van der Waals surface area contributed by atoms with E-state index in [2.05, 4.69) is 68.2 Å². The van der Waals surface area contributed by atoms with Gasteiger partial charge in [0.2, 0.25) is 0 Å². The van der Waals surface area contributed by atoms with Gasteiger partial charge in [-0.2, -0.15) is 0 Å². The van der Waals surface area contributed by atoms with Crippen molar-refractivity contribution in [2.75, 3.05) is 26.2 Å². The fraction of sp³-hybridized carbons (Fsp3) is 0.667. The second-order valence-electron chi connectivity index (χ2n) is 6.53. The van der Waals surface area contributed by atoms with Gasteiger partial charge in [0.05, 0.1) is 18.2 Å². The van der Waals surface area contributed by atoms with Gasteiger partial charge >= 0.3 is 0 Å². The highest BCUT2D eigenvalue weighted by Gasteiger charge is 2.35. The number of nitrogens with zero attached hydrogens (tertiary/aromatic N) is 1. The molecule has 2 rings (SSSR count). The van der Waals surface area contributed by atoms with Gasteiger partial charge in [0, 0.05) is 25.7 Å². The van der Waals surface area contributed by atoms with E-state index in [1.165, 1.54) is 12.0 Å². The maximum absolute atomic E-state index is 5.75. The van der Waals surface area contributed by atoms with Gasteiger partial charge in [-0.25, -0.2) is 0 Å². The second kappa shape index (κ2) is 7.39. The van der Waals surface area contributed by atoms with Crippen LogP contribution in [0, 0.1) is 0 Å². The summed E-state index contributed by atoms with van der Waals surface area (Å²) in [6.07, 6.45) is 1.49. The van der Waals surface area contributed by atoms with Crippen molar-refractivity contribution in [3.8, 4) is 0 Å². The van der Waals surface area contributed by atoms with Gasteiger partial charge in [-0.05, 0) is 32.8 Å². The molecule has 21 heavy (non-hydrogen) atoms. The molecule has 0 amide bonds. The number of piperazine rings is 1. The maximum atomic E-state index is 5.75. The Labute approximate surface area is 129 Å². The summed E-state index contributed by atoms with van der Waals surface area (Å²) in [6, 6.07) is 11.4. The van der Waals surface area contributed by atoms with E-state index in [0.717, 1.165) is 26.2 Å². The number of hydrogen-bond donors (Lipinski definition) is 1. The molecule has 0 bridgehead atoms. The van der Waals surface area contributed by atoms with E-state index >= 15 is 0 Å². The average Bonchev–Trinajstić information content (AvgIpc) is 2.48. The van der Waals surface area contributed by atoms with Crippen molar-refractivity contribution in [1.29, 1.82) is 0 Å². The third-order valence-electron chi connectivity index (χ3n) is 4.48. The SMILES string of the molecule is CCC1CNC(C)(c2ccccc2)CN1CCOC(C)C. The average molecular weight is 290 g/mol. The Balaban J connectivity index is 2.03. The van der Waals surface area contributed by atoms with E-state index in [1.807, 2.05) is 0 Å². The van der Waals surface area contributed by atoms with Crippen LogP contribution in [-0.4, -0.2) is 43.3 Å². The Hall–Kier alpha value is -0.900. The van der Waals surface area contributed by atoms with Crippen molar-refractivity contribution < 1.29 is 4.74 Å². The number of nitrogens with one attached hydrogen (secondary N) is 1. The van der Waals surface area contributed by atoms with Crippen LogP contribution in [0.1, 0.15) is 39.7 Å². The molecule has 0 aliphatic carbocycles. The van der Waals surface area contributed by atoms with Crippen molar-refractivity contribution in [3.05, 3.63) is 35.9 Å². The van der Waals surface area contributed by atoms with E-state index in [4.69, 9.17) is 4.74 Å². The van der Waals surface area contributed by atoms with Gasteiger partial charge in [-0.3, -0.25) is 4.90 Å². The van der Waals surface area contributed by atoms with E-state index in [0.29, 0.717) is 12.1 Å². The highest BCUT2D eigenvalue weighted by Crippen LogP contribution is 2.27. The number of benzene rings is 1. The van der Waals surface area contributed by atoms with Crippen LogP contribution >= 0.6 is 0 Å². The molecule has 0 spiro atoms. The molecule has 2 unspecified atom stereocenters. The van der Waals surface area contributed by atoms with E-state index < -0.39 is 0 Å². The topological polar surface area (TPSA) is 24.5 Å². The molecular formula is C18H30N2O. The largest absolute Gasteiger partial charge is 0.377 e. The molecule has 1 saturated heterocycles. The molecule has 3 heteroatoms. The van der Waals surface area contributed by atoms with Crippen LogP contribution in [0.25, 0.3) is 0 Å². The normalized spacial score (nSPS) is 27.2. The molecule has 1 aromatic carbocycles. The Bertz CT molecular complexity index is 420. The Morgan fingerprint density at radius 2 is 2.05 bits per heavy atom. The van der Waals surface area contributed by atoms with Gasteiger partial charge in [0.25, 0.3) is 0 Å². The molecule has 0 radical (unpaired) electrons. The molecule has 1 heterocycles. The molecule has 3 nitrogen and oxygen atoms in total. The lowest BCUT2D eigenvalue weighted by Crippen LogP contribution is -2.61. The number of ether oxygens (including phenoxy) is 1. The molecule has 0 aromatic heterocycles. The quantitative estimate of drug-likeness (QED) is 0.871. The third-order valence-corrected chi connectivity index (χ3v) is 4.48. The lowest BCUT2D eigenvalue weighted by molar-refractivity contribution is 0.0222. The van der Waals surface area contributed by atoms with Crippen molar-refractivity contribution >= 4 is 0 Å². The summed E-state index contributed by atoms with van der Waals surface area (Å²) in [5.41, 5.74) is 1.40. The summed E-state index contributed by atoms with van der Waals surface area (Å²) in [6.45, 7) is 12.7. The standard InChI is InChI=1S/C18H30N2O/c1-5-17-13-19-18(4,16-9-7-6-8-10-16)14-20(17)11-12-21-15(2)3/h6-10,15,17,19H,5,11-14H2,1-4H3. The Morgan fingerprint density at radius 3 is 2.67 bits per heavy atom. The monoisotopic (exact) mass is 290 g/mol. The molecule has 118 valence electrons. The van der Waals surface area contributed by atoms with Crippen molar-refractivity contribution in [1.82, 2.24) is 10.2 Å². The zero-order valence-electron chi connectivity index (χ0n) is 13.9. The minimum Gasteiger partial charge on any atom is -0.377 e. The van der Waals surface area contributed by atoms with Gasteiger partial charge in [-0.1, -0.05) is 37.3 Å². The minimum absolute atomic E-state index is 0.0325. The van der Waals surface area contributed by atoms with Gasteiger partial charge in [-0.15, -0.1) is 0 Å². The van der Waals surface area contributed by atoms with E-state index in [9.17, 15) is 0 Å². The van der Waals surface area contributed by atoms with Crippen molar-refractivity contribution in [2.24, 2.45) is 0 Å². The molecule has 0 saturated carbocycles. The van der Waals surface area contributed by atoms with Gasteiger partial charge in [0.15, 0.2) is 0 Å². The number of rotatable bonds is 6. The molecule has 2 atom stereocenters. The van der Waals surface area contributed by atoms with Crippen molar-refractivity contribution in [2.45, 2.75) is 51.8 Å². The van der Waals surface area contributed by atoms with Gasteiger partial charge in [0.1, 0.15) is 0 Å².